The van der Waals surface area contributed by atoms with E-state index in [0.29, 0.717) is 6.42 Å². The van der Waals surface area contributed by atoms with Crippen molar-refractivity contribution < 1.29 is 4.79 Å². The first-order valence-electron chi connectivity index (χ1n) is 8.62. The number of halogens is 1. The van der Waals surface area contributed by atoms with Gasteiger partial charge in [-0.1, -0.05) is 30.7 Å². The van der Waals surface area contributed by atoms with Crippen molar-refractivity contribution in [2.45, 2.75) is 57.7 Å². The largest absolute Gasteiger partial charge is 0.341 e. The molecule has 3 N–H and O–H groups in total. The molecule has 0 aliphatic carbocycles. The molecule has 1 aliphatic heterocycles. The van der Waals surface area contributed by atoms with Gasteiger partial charge in [-0.25, -0.2) is 0 Å². The molecular weight excluding hydrogens is 310 g/mol. The zero-order valence-electron chi connectivity index (χ0n) is 13.9. The molecule has 1 aromatic rings. The summed E-state index contributed by atoms with van der Waals surface area (Å²) in [5.41, 5.74) is 7.35. The quantitative estimate of drug-likeness (QED) is 0.804. The first-order valence-corrected chi connectivity index (χ1v) is 9.00. The van der Waals surface area contributed by atoms with Crippen LogP contribution in [0.4, 0.5) is 0 Å². The summed E-state index contributed by atoms with van der Waals surface area (Å²) >= 11 is 5.90. The van der Waals surface area contributed by atoms with Gasteiger partial charge in [0.1, 0.15) is 0 Å². The van der Waals surface area contributed by atoms with E-state index in [0.717, 1.165) is 43.9 Å². The summed E-state index contributed by atoms with van der Waals surface area (Å²) in [5.74, 6) is 0.108. The van der Waals surface area contributed by atoms with Crippen LogP contribution in [0.2, 0.25) is 5.02 Å². The Labute approximate surface area is 144 Å². The first-order chi connectivity index (χ1) is 11.1. The highest BCUT2D eigenvalue weighted by atomic mass is 35.5. The number of rotatable bonds is 7. The third kappa shape index (κ3) is 5.79. The van der Waals surface area contributed by atoms with Crippen molar-refractivity contribution in [3.8, 4) is 0 Å². The van der Waals surface area contributed by atoms with E-state index in [-0.39, 0.29) is 11.9 Å². The zero-order chi connectivity index (χ0) is 16.7. The highest BCUT2D eigenvalue weighted by Crippen LogP contribution is 2.13. The molecule has 128 valence electrons. The Balaban J connectivity index is 1.80. The third-order valence-electron chi connectivity index (χ3n) is 4.52. The van der Waals surface area contributed by atoms with Crippen LogP contribution < -0.4 is 11.1 Å². The SMILES string of the molecule is CC[C@@H](C[C@H](N)C(=O)N1CCCCC1)NCc1ccc(Cl)cc1. The van der Waals surface area contributed by atoms with Crippen LogP contribution in [0, 0.1) is 0 Å². The summed E-state index contributed by atoms with van der Waals surface area (Å²) in [7, 11) is 0. The molecule has 1 fully saturated rings. The fourth-order valence-corrected chi connectivity index (χ4v) is 3.14. The number of nitrogens with one attached hydrogen (secondary N) is 1. The number of amides is 1. The molecular formula is C18H28ClN3O. The highest BCUT2D eigenvalue weighted by molar-refractivity contribution is 6.30. The smallest absolute Gasteiger partial charge is 0.239 e. The van der Waals surface area contributed by atoms with Crippen molar-refractivity contribution >= 4 is 17.5 Å². The van der Waals surface area contributed by atoms with Crippen molar-refractivity contribution in [2.24, 2.45) is 5.73 Å². The Morgan fingerprint density at radius 1 is 1.26 bits per heavy atom. The maximum atomic E-state index is 12.4. The molecule has 1 aliphatic rings. The van der Waals surface area contributed by atoms with Crippen molar-refractivity contribution in [2.75, 3.05) is 13.1 Å². The van der Waals surface area contributed by atoms with Gasteiger partial charge in [0.2, 0.25) is 5.91 Å². The predicted molar refractivity (Wildman–Crippen MR) is 95.4 cm³/mol. The van der Waals surface area contributed by atoms with Gasteiger partial charge < -0.3 is 16.0 Å². The minimum atomic E-state index is -0.407. The zero-order valence-corrected chi connectivity index (χ0v) is 14.7. The number of carbonyl (C=O) groups excluding carboxylic acids is 1. The summed E-state index contributed by atoms with van der Waals surface area (Å²) in [6.07, 6.45) is 5.06. The number of nitrogens with two attached hydrogens (primary N) is 1. The number of piperidine rings is 1. The number of likely N-dealkylation sites (tertiary alicyclic amines) is 1. The van der Waals surface area contributed by atoms with Crippen LogP contribution in [-0.2, 0) is 11.3 Å². The van der Waals surface area contributed by atoms with Crippen LogP contribution in [-0.4, -0.2) is 36.0 Å². The van der Waals surface area contributed by atoms with Crippen molar-refractivity contribution in [1.82, 2.24) is 10.2 Å². The lowest BCUT2D eigenvalue weighted by Gasteiger charge is -2.30. The maximum absolute atomic E-state index is 12.4. The second kappa shape index (κ2) is 9.26. The second-order valence-corrected chi connectivity index (χ2v) is 6.78. The minimum absolute atomic E-state index is 0.108. The van der Waals surface area contributed by atoms with Gasteiger partial charge in [-0.3, -0.25) is 4.79 Å². The molecule has 1 amide bonds. The van der Waals surface area contributed by atoms with E-state index >= 15 is 0 Å². The van der Waals surface area contributed by atoms with Crippen LogP contribution in [0.3, 0.4) is 0 Å². The Hall–Kier alpha value is -1.10. The van der Waals surface area contributed by atoms with E-state index in [1.165, 1.54) is 12.0 Å². The molecule has 23 heavy (non-hydrogen) atoms. The molecule has 0 unspecified atom stereocenters. The Morgan fingerprint density at radius 2 is 1.91 bits per heavy atom. The summed E-state index contributed by atoms with van der Waals surface area (Å²) in [5, 5.41) is 4.25. The van der Waals surface area contributed by atoms with Gasteiger partial charge in [0, 0.05) is 30.7 Å². The topological polar surface area (TPSA) is 58.4 Å². The second-order valence-electron chi connectivity index (χ2n) is 6.34. The number of benzene rings is 1. The van der Waals surface area contributed by atoms with Gasteiger partial charge in [0.15, 0.2) is 0 Å². The normalized spacial score (nSPS) is 17.8. The van der Waals surface area contributed by atoms with Crippen LogP contribution >= 0.6 is 11.6 Å². The van der Waals surface area contributed by atoms with Gasteiger partial charge in [0.05, 0.1) is 6.04 Å². The number of carbonyl (C=O) groups is 1. The molecule has 1 aromatic carbocycles. The molecule has 5 heteroatoms. The van der Waals surface area contributed by atoms with Crippen molar-refractivity contribution in [3.63, 3.8) is 0 Å². The average molecular weight is 338 g/mol. The summed E-state index contributed by atoms with van der Waals surface area (Å²) in [6.45, 7) is 4.61. The Kier molecular flexibility index (Phi) is 7.34. The molecule has 0 bridgehead atoms. The molecule has 4 nitrogen and oxygen atoms in total. The van der Waals surface area contributed by atoms with Crippen LogP contribution in [0.25, 0.3) is 0 Å². The Bertz CT molecular complexity index is 486. The van der Waals surface area contributed by atoms with E-state index in [1.807, 2.05) is 29.2 Å². The fraction of sp³-hybridized carbons (Fsp3) is 0.611. The molecule has 2 atom stereocenters. The lowest BCUT2D eigenvalue weighted by atomic mass is 10.0. The first kappa shape index (κ1) is 18.2. The van der Waals surface area contributed by atoms with Gasteiger partial charge >= 0.3 is 0 Å². The minimum Gasteiger partial charge on any atom is -0.341 e. The van der Waals surface area contributed by atoms with Gasteiger partial charge in [-0.05, 0) is 49.8 Å². The summed E-state index contributed by atoms with van der Waals surface area (Å²) < 4.78 is 0. The molecule has 0 spiro atoms. The Morgan fingerprint density at radius 3 is 2.52 bits per heavy atom. The average Bonchev–Trinajstić information content (AvgIpc) is 2.59. The molecule has 0 saturated carbocycles. The van der Waals surface area contributed by atoms with Gasteiger partial charge in [-0.15, -0.1) is 0 Å². The molecule has 0 radical (unpaired) electrons. The molecule has 0 aromatic heterocycles. The standard InChI is InChI=1S/C18H28ClN3O/c1-2-16(21-13-14-6-8-15(19)9-7-14)12-17(20)18(23)22-10-4-3-5-11-22/h6-9,16-17,21H,2-5,10-13,20H2,1H3/t16-,17-/m0/s1. The van der Waals surface area contributed by atoms with E-state index in [4.69, 9.17) is 17.3 Å². The van der Waals surface area contributed by atoms with E-state index < -0.39 is 6.04 Å². The van der Waals surface area contributed by atoms with Gasteiger partial charge in [0.25, 0.3) is 0 Å². The van der Waals surface area contributed by atoms with Crippen molar-refractivity contribution in [1.29, 1.82) is 0 Å². The van der Waals surface area contributed by atoms with Crippen LogP contribution in [0.5, 0.6) is 0 Å². The number of hydrogen-bond donors (Lipinski definition) is 2. The highest BCUT2D eigenvalue weighted by Gasteiger charge is 2.24. The number of nitrogens with zero attached hydrogens (tertiary/aromatic N) is 1. The molecule has 1 heterocycles. The van der Waals surface area contributed by atoms with Crippen LogP contribution in [0.15, 0.2) is 24.3 Å². The maximum Gasteiger partial charge on any atom is 0.239 e. The lowest BCUT2D eigenvalue weighted by Crippen LogP contribution is -2.48. The van der Waals surface area contributed by atoms with E-state index in [1.54, 1.807) is 0 Å². The van der Waals surface area contributed by atoms with Gasteiger partial charge in [-0.2, -0.15) is 0 Å². The van der Waals surface area contributed by atoms with E-state index in [2.05, 4.69) is 12.2 Å². The lowest BCUT2D eigenvalue weighted by molar-refractivity contribution is -0.133. The van der Waals surface area contributed by atoms with Crippen molar-refractivity contribution in [3.05, 3.63) is 34.9 Å². The molecule has 1 saturated heterocycles. The number of hydrogen-bond acceptors (Lipinski definition) is 3. The monoisotopic (exact) mass is 337 g/mol. The fourth-order valence-electron chi connectivity index (χ4n) is 3.01. The van der Waals surface area contributed by atoms with E-state index in [9.17, 15) is 4.79 Å². The summed E-state index contributed by atoms with van der Waals surface area (Å²) in [4.78, 5) is 14.4. The third-order valence-corrected chi connectivity index (χ3v) is 4.78. The summed E-state index contributed by atoms with van der Waals surface area (Å²) in [6, 6.07) is 7.66. The van der Waals surface area contributed by atoms with Crippen LogP contribution in [0.1, 0.15) is 44.6 Å². The molecule has 2 rings (SSSR count). The predicted octanol–water partition coefficient (Wildman–Crippen LogP) is 2.94.